The summed E-state index contributed by atoms with van der Waals surface area (Å²) in [5, 5.41) is 16.6. The summed E-state index contributed by atoms with van der Waals surface area (Å²) in [5.41, 5.74) is 2.16. The van der Waals surface area contributed by atoms with E-state index >= 15 is 0 Å². The van der Waals surface area contributed by atoms with Gasteiger partial charge in [-0.15, -0.1) is 11.3 Å². The summed E-state index contributed by atoms with van der Waals surface area (Å²) in [7, 11) is 0. The maximum absolute atomic E-state index is 12.4. The van der Waals surface area contributed by atoms with Gasteiger partial charge in [0.25, 0.3) is 11.8 Å². The fraction of sp³-hybridized carbons (Fsp3) is 0.333. The molecule has 0 aliphatic heterocycles. The Kier molecular flexibility index (Phi) is 6.52. The van der Waals surface area contributed by atoms with Crippen molar-refractivity contribution in [2.24, 2.45) is 0 Å². The Balaban J connectivity index is 2.04. The lowest BCUT2D eigenvalue weighted by atomic mass is 10.0. The Hall–Kier alpha value is -2.18. The zero-order valence-corrected chi connectivity index (χ0v) is 14.7. The maximum atomic E-state index is 12.4. The van der Waals surface area contributed by atoms with Crippen LogP contribution in [0.1, 0.15) is 52.5 Å². The number of aliphatic hydroxyl groups excluding tert-OH is 1. The molecule has 0 aliphatic carbocycles. The van der Waals surface area contributed by atoms with E-state index in [1.807, 2.05) is 12.1 Å². The third kappa shape index (κ3) is 4.66. The molecule has 0 saturated heterocycles. The van der Waals surface area contributed by atoms with Crippen molar-refractivity contribution in [1.29, 1.82) is 0 Å². The predicted octanol–water partition coefficient (Wildman–Crippen LogP) is 3.24. The van der Waals surface area contributed by atoms with Crippen molar-refractivity contribution in [3.8, 4) is 0 Å². The smallest absolute Gasteiger partial charge is 0.256 e. The van der Waals surface area contributed by atoms with Gasteiger partial charge in [-0.25, -0.2) is 0 Å². The Labute approximate surface area is 145 Å². The second-order valence-electron chi connectivity index (χ2n) is 5.73. The lowest BCUT2D eigenvalue weighted by molar-refractivity contribution is 0.0952. The van der Waals surface area contributed by atoms with Gasteiger partial charge in [-0.2, -0.15) is 0 Å². The molecule has 0 atom stereocenters. The van der Waals surface area contributed by atoms with Crippen molar-refractivity contribution in [1.82, 2.24) is 5.32 Å². The summed E-state index contributed by atoms with van der Waals surface area (Å²) in [5.74, 6) is -0.0825. The minimum absolute atomic E-state index is 0.0277. The molecule has 2 amide bonds. The first-order chi connectivity index (χ1) is 11.5. The molecule has 0 bridgehead atoms. The quantitative estimate of drug-likeness (QED) is 0.674. The van der Waals surface area contributed by atoms with E-state index < -0.39 is 0 Å². The molecule has 1 heterocycles. The second-order valence-corrected chi connectivity index (χ2v) is 6.64. The van der Waals surface area contributed by atoms with E-state index in [1.165, 1.54) is 16.9 Å². The second kappa shape index (κ2) is 8.61. The minimum Gasteiger partial charge on any atom is -0.396 e. The number of anilines is 1. The predicted molar refractivity (Wildman–Crippen MR) is 96.8 cm³/mol. The highest BCUT2D eigenvalue weighted by Crippen LogP contribution is 2.24. The van der Waals surface area contributed by atoms with Gasteiger partial charge in [0.1, 0.15) is 5.00 Å². The lowest BCUT2D eigenvalue weighted by Gasteiger charge is -2.09. The van der Waals surface area contributed by atoms with E-state index in [9.17, 15) is 9.59 Å². The van der Waals surface area contributed by atoms with Gasteiger partial charge in [0.15, 0.2) is 0 Å². The molecule has 6 heteroatoms. The van der Waals surface area contributed by atoms with Crippen LogP contribution in [0.2, 0.25) is 0 Å². The third-order valence-electron chi connectivity index (χ3n) is 3.60. The van der Waals surface area contributed by atoms with E-state index in [4.69, 9.17) is 5.11 Å². The van der Waals surface area contributed by atoms with Crippen LogP contribution in [0.4, 0.5) is 5.00 Å². The van der Waals surface area contributed by atoms with Crippen molar-refractivity contribution in [2.45, 2.75) is 26.2 Å². The number of aliphatic hydroxyl groups is 1. The average molecular weight is 346 g/mol. The van der Waals surface area contributed by atoms with Crippen LogP contribution < -0.4 is 10.6 Å². The molecule has 0 saturated carbocycles. The van der Waals surface area contributed by atoms with Crippen LogP contribution in [0, 0.1) is 0 Å². The first kappa shape index (κ1) is 18.2. The van der Waals surface area contributed by atoms with Gasteiger partial charge in [0.2, 0.25) is 0 Å². The van der Waals surface area contributed by atoms with Crippen LogP contribution in [0.3, 0.4) is 0 Å². The summed E-state index contributed by atoms with van der Waals surface area (Å²) in [4.78, 5) is 24.5. The van der Waals surface area contributed by atoms with Crippen LogP contribution in [0.5, 0.6) is 0 Å². The molecular formula is C18H22N2O3S. The van der Waals surface area contributed by atoms with Crippen LogP contribution in [-0.4, -0.2) is 30.1 Å². The fourth-order valence-corrected chi connectivity index (χ4v) is 2.94. The van der Waals surface area contributed by atoms with E-state index in [-0.39, 0.29) is 18.4 Å². The molecule has 1 aromatic carbocycles. The van der Waals surface area contributed by atoms with Crippen LogP contribution in [0.25, 0.3) is 0 Å². The highest BCUT2D eigenvalue weighted by atomic mass is 32.1. The van der Waals surface area contributed by atoms with Crippen LogP contribution >= 0.6 is 11.3 Å². The SMILES string of the molecule is CC(C)c1ccc(C(=O)Nc2sccc2C(=O)NCCCO)cc1. The molecule has 0 radical (unpaired) electrons. The van der Waals surface area contributed by atoms with Gasteiger partial charge in [0.05, 0.1) is 5.56 Å². The molecule has 5 nitrogen and oxygen atoms in total. The molecule has 0 fully saturated rings. The van der Waals surface area contributed by atoms with Gasteiger partial charge < -0.3 is 15.7 Å². The van der Waals surface area contributed by atoms with Gasteiger partial charge >= 0.3 is 0 Å². The number of carbonyl (C=O) groups excluding carboxylic acids is 2. The third-order valence-corrected chi connectivity index (χ3v) is 4.43. The van der Waals surface area contributed by atoms with E-state index in [0.717, 1.165) is 0 Å². The number of benzene rings is 1. The minimum atomic E-state index is -0.254. The molecule has 3 N–H and O–H groups in total. The molecule has 24 heavy (non-hydrogen) atoms. The number of amides is 2. The number of thiophene rings is 1. The normalized spacial score (nSPS) is 10.7. The topological polar surface area (TPSA) is 78.4 Å². The number of nitrogens with one attached hydrogen (secondary N) is 2. The van der Waals surface area contributed by atoms with Crippen molar-refractivity contribution in [3.63, 3.8) is 0 Å². The Bertz CT molecular complexity index is 693. The Morgan fingerprint density at radius 1 is 1.12 bits per heavy atom. The largest absolute Gasteiger partial charge is 0.396 e. The van der Waals surface area contributed by atoms with E-state index in [0.29, 0.717) is 35.0 Å². The summed E-state index contributed by atoms with van der Waals surface area (Å²) >= 11 is 1.31. The zero-order valence-electron chi connectivity index (χ0n) is 13.8. The van der Waals surface area contributed by atoms with E-state index in [2.05, 4.69) is 24.5 Å². The molecule has 2 aromatic rings. The van der Waals surface area contributed by atoms with Crippen molar-refractivity contribution >= 4 is 28.2 Å². The summed E-state index contributed by atoms with van der Waals surface area (Å²) in [6.45, 7) is 4.62. The number of rotatable bonds is 7. The highest BCUT2D eigenvalue weighted by molar-refractivity contribution is 7.14. The number of carbonyl (C=O) groups is 2. The highest BCUT2D eigenvalue weighted by Gasteiger charge is 2.15. The van der Waals surface area contributed by atoms with Crippen molar-refractivity contribution in [3.05, 3.63) is 52.4 Å². The molecule has 0 aliphatic rings. The summed E-state index contributed by atoms with van der Waals surface area (Å²) < 4.78 is 0. The van der Waals surface area contributed by atoms with Gasteiger partial charge in [-0.05, 0) is 41.5 Å². The molecule has 0 spiro atoms. The van der Waals surface area contributed by atoms with Gasteiger partial charge in [0, 0.05) is 18.7 Å². The van der Waals surface area contributed by atoms with Crippen LogP contribution in [0.15, 0.2) is 35.7 Å². The number of hydrogen-bond acceptors (Lipinski definition) is 4. The molecule has 0 unspecified atom stereocenters. The lowest BCUT2D eigenvalue weighted by Crippen LogP contribution is -2.25. The van der Waals surface area contributed by atoms with E-state index in [1.54, 1.807) is 23.6 Å². The molecule has 2 rings (SSSR count). The Morgan fingerprint density at radius 3 is 2.46 bits per heavy atom. The van der Waals surface area contributed by atoms with Gasteiger partial charge in [-0.3, -0.25) is 9.59 Å². The Morgan fingerprint density at radius 2 is 1.83 bits per heavy atom. The van der Waals surface area contributed by atoms with Gasteiger partial charge in [-0.1, -0.05) is 26.0 Å². The number of hydrogen-bond donors (Lipinski definition) is 3. The molecular weight excluding hydrogens is 324 g/mol. The van der Waals surface area contributed by atoms with Crippen molar-refractivity contribution in [2.75, 3.05) is 18.5 Å². The fourth-order valence-electron chi connectivity index (χ4n) is 2.16. The zero-order chi connectivity index (χ0) is 17.5. The first-order valence-electron chi connectivity index (χ1n) is 7.90. The molecule has 128 valence electrons. The monoisotopic (exact) mass is 346 g/mol. The van der Waals surface area contributed by atoms with Crippen molar-refractivity contribution < 1.29 is 14.7 Å². The first-order valence-corrected chi connectivity index (χ1v) is 8.78. The maximum Gasteiger partial charge on any atom is 0.256 e. The van der Waals surface area contributed by atoms with Crippen LogP contribution in [-0.2, 0) is 0 Å². The summed E-state index contributed by atoms with van der Waals surface area (Å²) in [6.07, 6.45) is 0.500. The summed E-state index contributed by atoms with van der Waals surface area (Å²) in [6, 6.07) is 9.14. The molecule has 1 aromatic heterocycles. The average Bonchev–Trinajstić information content (AvgIpc) is 3.03. The standard InChI is InChI=1S/C18H22N2O3S/c1-12(2)13-4-6-14(7-5-13)16(22)20-18-15(8-11-24-18)17(23)19-9-3-10-21/h4-8,11-12,21H,3,9-10H2,1-2H3,(H,19,23)(H,20,22).